The fraction of sp³-hybridized carbons (Fsp3) is 1.00. The summed E-state index contributed by atoms with van der Waals surface area (Å²) in [5.74, 6) is 1.34. The minimum absolute atomic E-state index is 0.815. The lowest BCUT2D eigenvalue weighted by molar-refractivity contribution is 0.399. The molecule has 1 rings (SSSR count). The Kier molecular flexibility index (Phi) is 14.0. The van der Waals surface area contributed by atoms with Gasteiger partial charge in [0, 0.05) is 6.04 Å². The van der Waals surface area contributed by atoms with Crippen LogP contribution in [0.15, 0.2) is 0 Å². The molecule has 0 spiro atoms. The number of thioether (sulfide) groups is 1. The van der Waals surface area contributed by atoms with Crippen molar-refractivity contribution in [2.75, 3.05) is 18.6 Å². The highest BCUT2D eigenvalue weighted by Crippen LogP contribution is 2.17. The molecule has 0 aromatic carbocycles. The van der Waals surface area contributed by atoms with Crippen molar-refractivity contribution in [2.24, 2.45) is 0 Å². The second-order valence-corrected chi connectivity index (χ2v) is 7.80. The Morgan fingerprint density at radius 3 is 1.81 bits per heavy atom. The van der Waals surface area contributed by atoms with E-state index >= 15 is 0 Å². The third-order valence-corrected chi connectivity index (χ3v) is 5.51. The summed E-state index contributed by atoms with van der Waals surface area (Å²) in [5, 5.41) is 3.86. The summed E-state index contributed by atoms with van der Waals surface area (Å²) in [5.41, 5.74) is 0. The van der Waals surface area contributed by atoms with E-state index in [0.717, 1.165) is 6.04 Å². The molecule has 1 fully saturated rings. The van der Waals surface area contributed by atoms with Gasteiger partial charge in [0.05, 0.1) is 0 Å². The van der Waals surface area contributed by atoms with Gasteiger partial charge in [-0.25, -0.2) is 0 Å². The molecule has 1 saturated carbocycles. The molecule has 1 aliphatic rings. The van der Waals surface area contributed by atoms with Gasteiger partial charge < -0.3 is 5.32 Å². The number of hydrogen-bond acceptors (Lipinski definition) is 2. The maximum absolute atomic E-state index is 3.86. The minimum atomic E-state index is 0.815. The molecule has 0 unspecified atom stereocenters. The number of rotatable bonds is 8. The first-order valence-corrected chi connectivity index (χ1v) is 11.0. The predicted molar refractivity (Wildman–Crippen MR) is 99.4 cm³/mol. The topological polar surface area (TPSA) is 12.0 Å². The Morgan fingerprint density at radius 1 is 0.714 bits per heavy atom. The zero-order valence-corrected chi connectivity index (χ0v) is 15.3. The third-order valence-electron chi connectivity index (χ3n) is 4.81. The van der Waals surface area contributed by atoms with E-state index in [9.17, 15) is 0 Å². The van der Waals surface area contributed by atoms with Crippen LogP contribution in [0.3, 0.4) is 0 Å². The van der Waals surface area contributed by atoms with E-state index in [1.807, 2.05) is 11.8 Å². The first kappa shape index (κ1) is 19.4. The molecule has 0 aliphatic heterocycles. The second-order valence-electron chi connectivity index (χ2n) is 6.82. The second kappa shape index (κ2) is 15.2. The van der Waals surface area contributed by atoms with Gasteiger partial charge in [0.1, 0.15) is 0 Å². The van der Waals surface area contributed by atoms with Crippen LogP contribution in [-0.2, 0) is 0 Å². The summed E-state index contributed by atoms with van der Waals surface area (Å²) in [4.78, 5) is 0. The lowest BCUT2D eigenvalue weighted by atomic mass is 9.98. The maximum atomic E-state index is 3.86. The van der Waals surface area contributed by atoms with Gasteiger partial charge in [-0.1, -0.05) is 70.6 Å². The van der Waals surface area contributed by atoms with Gasteiger partial charge in [-0.3, -0.25) is 0 Å². The average molecular weight is 314 g/mol. The van der Waals surface area contributed by atoms with Crippen molar-refractivity contribution in [1.82, 2.24) is 5.32 Å². The Bertz CT molecular complexity index is 196. The van der Waals surface area contributed by atoms with E-state index in [4.69, 9.17) is 0 Å². The molecule has 0 atom stereocenters. The van der Waals surface area contributed by atoms with Crippen LogP contribution >= 0.6 is 11.8 Å². The molecule has 21 heavy (non-hydrogen) atoms. The summed E-state index contributed by atoms with van der Waals surface area (Å²) in [6.45, 7) is 1.25. The van der Waals surface area contributed by atoms with E-state index < -0.39 is 0 Å². The Morgan fingerprint density at radius 2 is 1.24 bits per heavy atom. The Hall–Kier alpha value is 0.310. The molecule has 0 bridgehead atoms. The maximum Gasteiger partial charge on any atom is 0.00670 e. The Labute approximate surface area is 138 Å². The van der Waals surface area contributed by atoms with Crippen LogP contribution in [0.25, 0.3) is 0 Å². The molecule has 0 radical (unpaired) electrons. The molecule has 0 aromatic rings. The van der Waals surface area contributed by atoms with Crippen molar-refractivity contribution < 1.29 is 0 Å². The molecule has 1 N–H and O–H groups in total. The summed E-state index contributed by atoms with van der Waals surface area (Å²) in [7, 11) is 0. The highest BCUT2D eigenvalue weighted by atomic mass is 32.2. The number of unbranched alkanes of at least 4 members (excludes halogenated alkanes) is 3. The van der Waals surface area contributed by atoms with Crippen LogP contribution in [0.2, 0.25) is 0 Å². The SMILES string of the molecule is CSCCCCCCNC1CCCCCCCCCCC1. The van der Waals surface area contributed by atoms with E-state index in [1.165, 1.54) is 109 Å². The summed E-state index contributed by atoms with van der Waals surface area (Å²) in [6, 6.07) is 0.815. The van der Waals surface area contributed by atoms with Crippen molar-refractivity contribution in [3.8, 4) is 0 Å². The van der Waals surface area contributed by atoms with E-state index in [2.05, 4.69) is 11.6 Å². The van der Waals surface area contributed by atoms with E-state index in [-0.39, 0.29) is 0 Å². The monoisotopic (exact) mass is 313 g/mol. The predicted octanol–water partition coefficient (Wildman–Crippen LogP) is 6.17. The smallest absolute Gasteiger partial charge is 0.00670 e. The van der Waals surface area contributed by atoms with Gasteiger partial charge in [-0.15, -0.1) is 0 Å². The van der Waals surface area contributed by atoms with E-state index in [0.29, 0.717) is 0 Å². The fourth-order valence-corrected chi connectivity index (χ4v) is 3.89. The minimum Gasteiger partial charge on any atom is -0.314 e. The fourth-order valence-electron chi connectivity index (χ4n) is 3.40. The quantitative estimate of drug-likeness (QED) is 0.537. The van der Waals surface area contributed by atoms with Crippen LogP contribution < -0.4 is 5.32 Å². The Balaban J connectivity index is 2.05. The van der Waals surface area contributed by atoms with Crippen molar-refractivity contribution in [3.05, 3.63) is 0 Å². The largest absolute Gasteiger partial charge is 0.314 e. The van der Waals surface area contributed by atoms with Crippen molar-refractivity contribution in [2.45, 2.75) is 102 Å². The van der Waals surface area contributed by atoms with Gasteiger partial charge in [0.15, 0.2) is 0 Å². The lowest BCUT2D eigenvalue weighted by Crippen LogP contribution is -2.30. The molecule has 2 heteroatoms. The molecule has 1 aliphatic carbocycles. The molecular weight excluding hydrogens is 274 g/mol. The van der Waals surface area contributed by atoms with Gasteiger partial charge >= 0.3 is 0 Å². The summed E-state index contributed by atoms with van der Waals surface area (Å²) in [6.07, 6.45) is 23.9. The zero-order chi connectivity index (χ0) is 15.0. The van der Waals surface area contributed by atoms with Gasteiger partial charge in [-0.05, 0) is 44.2 Å². The van der Waals surface area contributed by atoms with Gasteiger partial charge in [0.2, 0.25) is 0 Å². The van der Waals surface area contributed by atoms with Crippen LogP contribution in [-0.4, -0.2) is 24.6 Å². The summed E-state index contributed by atoms with van der Waals surface area (Å²) >= 11 is 1.98. The standard InChI is InChI=1S/C19H39NS/c1-21-18-14-10-9-13-17-20-19-15-11-7-5-3-2-4-6-8-12-16-19/h19-20H,2-18H2,1H3. The van der Waals surface area contributed by atoms with Crippen LogP contribution in [0, 0.1) is 0 Å². The number of nitrogens with one attached hydrogen (secondary N) is 1. The molecule has 0 amide bonds. The molecule has 0 saturated heterocycles. The highest BCUT2D eigenvalue weighted by Gasteiger charge is 2.08. The van der Waals surface area contributed by atoms with Gasteiger partial charge in [0.25, 0.3) is 0 Å². The summed E-state index contributed by atoms with van der Waals surface area (Å²) < 4.78 is 0. The van der Waals surface area contributed by atoms with Crippen LogP contribution in [0.1, 0.15) is 96.3 Å². The molecule has 1 nitrogen and oxygen atoms in total. The van der Waals surface area contributed by atoms with Crippen LogP contribution in [0.5, 0.6) is 0 Å². The number of hydrogen-bond donors (Lipinski definition) is 1. The van der Waals surface area contributed by atoms with Crippen molar-refractivity contribution in [3.63, 3.8) is 0 Å². The molecule has 126 valence electrons. The molecular formula is C19H39NS. The van der Waals surface area contributed by atoms with E-state index in [1.54, 1.807) is 0 Å². The van der Waals surface area contributed by atoms with Crippen molar-refractivity contribution in [1.29, 1.82) is 0 Å². The highest BCUT2D eigenvalue weighted by molar-refractivity contribution is 7.98. The molecule has 0 aromatic heterocycles. The van der Waals surface area contributed by atoms with Crippen molar-refractivity contribution >= 4 is 11.8 Å². The third kappa shape index (κ3) is 12.5. The normalized spacial score (nSPS) is 19.9. The zero-order valence-electron chi connectivity index (χ0n) is 14.5. The van der Waals surface area contributed by atoms with Gasteiger partial charge in [-0.2, -0.15) is 11.8 Å². The van der Waals surface area contributed by atoms with Crippen LogP contribution in [0.4, 0.5) is 0 Å². The molecule has 0 heterocycles. The lowest BCUT2D eigenvalue weighted by Gasteiger charge is -2.19. The average Bonchev–Trinajstić information content (AvgIpc) is 2.48. The first-order chi connectivity index (χ1) is 10.4. The first-order valence-electron chi connectivity index (χ1n) is 9.66.